The minimum Gasteiger partial charge on any atom is -0.394 e. The van der Waals surface area contributed by atoms with Crippen LogP contribution < -0.4 is 0 Å². The fourth-order valence-corrected chi connectivity index (χ4v) is 1.21. The van der Waals surface area contributed by atoms with Crippen molar-refractivity contribution < 1.29 is 14.6 Å². The van der Waals surface area contributed by atoms with E-state index in [0.717, 1.165) is 19.3 Å². The summed E-state index contributed by atoms with van der Waals surface area (Å²) in [5.74, 6) is 0.233. The highest BCUT2D eigenvalue weighted by Gasteiger charge is 2.05. The lowest BCUT2D eigenvalue weighted by Gasteiger charge is -2.13. The number of ether oxygens (including phenoxy) is 1. The molecule has 1 unspecified atom stereocenters. The molecule has 0 aromatic carbocycles. The van der Waals surface area contributed by atoms with Crippen molar-refractivity contribution >= 4 is 5.78 Å². The summed E-state index contributed by atoms with van der Waals surface area (Å²) in [6.45, 7) is 4.23. The summed E-state index contributed by atoms with van der Waals surface area (Å²) in [5, 5.41) is 8.87. The lowest BCUT2D eigenvalue weighted by atomic mass is 10.1. The van der Waals surface area contributed by atoms with Crippen LogP contribution in [0.3, 0.4) is 0 Å². The van der Waals surface area contributed by atoms with Crippen molar-refractivity contribution in [2.24, 2.45) is 0 Å². The second-order valence-corrected chi connectivity index (χ2v) is 3.21. The zero-order valence-corrected chi connectivity index (χ0v) is 8.58. The van der Waals surface area contributed by atoms with Crippen LogP contribution in [0.1, 0.15) is 39.5 Å². The van der Waals surface area contributed by atoms with Crippen molar-refractivity contribution in [3.05, 3.63) is 0 Å². The van der Waals surface area contributed by atoms with E-state index in [-0.39, 0.29) is 18.5 Å². The Kier molecular flexibility index (Phi) is 7.94. The Labute approximate surface area is 80.1 Å². The smallest absolute Gasteiger partial charge is 0.129 e. The first-order valence-electron chi connectivity index (χ1n) is 4.92. The van der Waals surface area contributed by atoms with E-state index < -0.39 is 0 Å². The van der Waals surface area contributed by atoms with Crippen molar-refractivity contribution in [1.82, 2.24) is 0 Å². The summed E-state index contributed by atoms with van der Waals surface area (Å²) < 4.78 is 5.26. The quantitative estimate of drug-likeness (QED) is 0.588. The van der Waals surface area contributed by atoms with Gasteiger partial charge in [-0.3, -0.25) is 0 Å². The third-order valence-corrected chi connectivity index (χ3v) is 1.91. The molecule has 0 bridgehead atoms. The first-order valence-corrected chi connectivity index (χ1v) is 4.92. The molecule has 0 aliphatic carbocycles. The predicted octanol–water partition coefficient (Wildman–Crippen LogP) is 1.53. The maximum atomic E-state index is 10.6. The molecule has 0 aliphatic heterocycles. The predicted molar refractivity (Wildman–Crippen MR) is 51.6 cm³/mol. The minimum absolute atomic E-state index is 0.0445. The molecule has 0 rings (SSSR count). The number of rotatable bonds is 8. The Morgan fingerprint density at radius 2 is 2.15 bits per heavy atom. The van der Waals surface area contributed by atoms with Crippen LogP contribution in [-0.4, -0.2) is 30.2 Å². The van der Waals surface area contributed by atoms with E-state index in [0.29, 0.717) is 13.0 Å². The molecule has 0 spiro atoms. The summed E-state index contributed by atoms with van der Waals surface area (Å²) in [6.07, 6.45) is 3.29. The lowest BCUT2D eigenvalue weighted by Crippen LogP contribution is -2.17. The van der Waals surface area contributed by atoms with Gasteiger partial charge in [-0.25, -0.2) is 0 Å². The van der Waals surface area contributed by atoms with Crippen molar-refractivity contribution in [2.75, 3.05) is 13.2 Å². The minimum atomic E-state index is -0.0445. The van der Waals surface area contributed by atoms with Gasteiger partial charge >= 0.3 is 0 Å². The topological polar surface area (TPSA) is 46.5 Å². The first kappa shape index (κ1) is 12.6. The second kappa shape index (κ2) is 8.20. The van der Waals surface area contributed by atoms with Crippen molar-refractivity contribution in [1.29, 1.82) is 0 Å². The Balaban J connectivity index is 3.32. The van der Waals surface area contributed by atoms with Gasteiger partial charge in [-0.15, -0.1) is 0 Å². The number of carbonyl (C=O) groups excluding carboxylic acids is 1. The van der Waals surface area contributed by atoms with Crippen LogP contribution >= 0.6 is 0 Å². The molecule has 0 fully saturated rings. The van der Waals surface area contributed by atoms with Gasteiger partial charge in [0.1, 0.15) is 5.78 Å². The molecule has 0 aromatic heterocycles. The first-order chi connectivity index (χ1) is 6.20. The normalized spacial score (nSPS) is 12.8. The number of hydrogen-bond donors (Lipinski definition) is 1. The van der Waals surface area contributed by atoms with Gasteiger partial charge in [-0.2, -0.15) is 0 Å². The van der Waals surface area contributed by atoms with E-state index in [1.54, 1.807) is 6.92 Å². The Hall–Kier alpha value is -0.410. The zero-order valence-electron chi connectivity index (χ0n) is 8.58. The van der Waals surface area contributed by atoms with E-state index >= 15 is 0 Å². The number of ketones is 1. The molecule has 0 heterocycles. The van der Waals surface area contributed by atoms with Gasteiger partial charge in [0, 0.05) is 13.0 Å². The summed E-state index contributed by atoms with van der Waals surface area (Å²) in [6, 6.07) is 0. The molecule has 0 aromatic rings. The molecular weight excluding hydrogens is 168 g/mol. The average Bonchev–Trinajstić information content (AvgIpc) is 2.10. The molecule has 0 radical (unpaired) electrons. The van der Waals surface area contributed by atoms with E-state index in [2.05, 4.69) is 0 Å². The summed E-state index contributed by atoms with van der Waals surface area (Å²) in [5.41, 5.74) is 0. The highest BCUT2D eigenvalue weighted by Crippen LogP contribution is 2.06. The van der Waals surface area contributed by atoms with Gasteiger partial charge in [0.25, 0.3) is 0 Å². The fourth-order valence-electron chi connectivity index (χ4n) is 1.21. The number of aliphatic hydroxyl groups excluding tert-OH is 1. The molecule has 0 amide bonds. The number of unbranched alkanes of at least 4 members (excludes halogenated alkanes) is 1. The summed E-state index contributed by atoms with van der Waals surface area (Å²) in [7, 11) is 0. The molecule has 78 valence electrons. The van der Waals surface area contributed by atoms with E-state index in [1.807, 2.05) is 6.92 Å². The number of Topliss-reactive ketones (excluding diaryl/α,β-unsaturated/α-hetero) is 1. The van der Waals surface area contributed by atoms with Crippen molar-refractivity contribution in [3.63, 3.8) is 0 Å². The van der Waals surface area contributed by atoms with Gasteiger partial charge in [-0.05, 0) is 26.7 Å². The SMILES string of the molecule is CCOC(CO)CCCCC(C)=O. The standard InChI is InChI=1S/C10H20O3/c1-3-13-10(8-11)7-5-4-6-9(2)12/h10-11H,3-8H2,1-2H3. The fraction of sp³-hybridized carbons (Fsp3) is 0.900. The molecule has 0 saturated carbocycles. The van der Waals surface area contributed by atoms with Gasteiger partial charge < -0.3 is 14.6 Å². The van der Waals surface area contributed by atoms with Crippen LogP contribution in [0, 0.1) is 0 Å². The van der Waals surface area contributed by atoms with Crippen LogP contribution in [0.25, 0.3) is 0 Å². The molecule has 1 atom stereocenters. The average molecular weight is 188 g/mol. The zero-order chi connectivity index (χ0) is 10.1. The van der Waals surface area contributed by atoms with Gasteiger partial charge in [-0.1, -0.05) is 6.42 Å². The van der Waals surface area contributed by atoms with Crippen LogP contribution in [0.2, 0.25) is 0 Å². The summed E-state index contributed by atoms with van der Waals surface area (Å²) in [4.78, 5) is 10.6. The molecule has 0 saturated heterocycles. The molecular formula is C10H20O3. The van der Waals surface area contributed by atoms with E-state index in [4.69, 9.17) is 9.84 Å². The highest BCUT2D eigenvalue weighted by atomic mass is 16.5. The van der Waals surface area contributed by atoms with Crippen LogP contribution in [-0.2, 0) is 9.53 Å². The molecule has 13 heavy (non-hydrogen) atoms. The maximum Gasteiger partial charge on any atom is 0.129 e. The van der Waals surface area contributed by atoms with E-state index in [1.165, 1.54) is 0 Å². The third-order valence-electron chi connectivity index (χ3n) is 1.91. The maximum absolute atomic E-state index is 10.6. The Morgan fingerprint density at radius 3 is 2.62 bits per heavy atom. The number of aliphatic hydroxyl groups is 1. The van der Waals surface area contributed by atoms with Gasteiger partial charge in [0.2, 0.25) is 0 Å². The highest BCUT2D eigenvalue weighted by molar-refractivity contribution is 5.75. The number of hydrogen-bond acceptors (Lipinski definition) is 3. The largest absolute Gasteiger partial charge is 0.394 e. The van der Waals surface area contributed by atoms with Gasteiger partial charge in [0.15, 0.2) is 0 Å². The van der Waals surface area contributed by atoms with Crippen LogP contribution in [0.15, 0.2) is 0 Å². The second-order valence-electron chi connectivity index (χ2n) is 3.21. The summed E-state index contributed by atoms with van der Waals surface area (Å²) >= 11 is 0. The Bertz CT molecular complexity index is 134. The number of carbonyl (C=O) groups is 1. The molecule has 0 aliphatic rings. The van der Waals surface area contributed by atoms with Crippen LogP contribution in [0.4, 0.5) is 0 Å². The van der Waals surface area contributed by atoms with Crippen molar-refractivity contribution in [3.8, 4) is 0 Å². The third kappa shape index (κ3) is 7.94. The van der Waals surface area contributed by atoms with Crippen molar-refractivity contribution in [2.45, 2.75) is 45.6 Å². The Morgan fingerprint density at radius 1 is 1.46 bits per heavy atom. The molecule has 3 nitrogen and oxygen atoms in total. The van der Waals surface area contributed by atoms with Gasteiger partial charge in [0.05, 0.1) is 12.7 Å². The van der Waals surface area contributed by atoms with Crippen LogP contribution in [0.5, 0.6) is 0 Å². The molecule has 1 N–H and O–H groups in total. The lowest BCUT2D eigenvalue weighted by molar-refractivity contribution is -0.117. The molecule has 3 heteroatoms. The monoisotopic (exact) mass is 188 g/mol. The van der Waals surface area contributed by atoms with E-state index in [9.17, 15) is 4.79 Å².